The number of carbonyl (C=O) groups is 4. The number of benzene rings is 4. The van der Waals surface area contributed by atoms with Crippen LogP contribution in [0.4, 0.5) is 15.1 Å². The van der Waals surface area contributed by atoms with Crippen molar-refractivity contribution >= 4 is 63.6 Å². The van der Waals surface area contributed by atoms with E-state index in [1.807, 2.05) is 36.4 Å². The van der Waals surface area contributed by atoms with Crippen LogP contribution in [0.2, 0.25) is 0 Å². The van der Waals surface area contributed by atoms with Crippen molar-refractivity contribution in [1.82, 2.24) is 5.32 Å². The number of amides is 3. The summed E-state index contributed by atoms with van der Waals surface area (Å²) in [6.07, 6.45) is 4.02. The van der Waals surface area contributed by atoms with E-state index >= 15 is 0 Å². The Balaban J connectivity index is 1.25. The van der Waals surface area contributed by atoms with E-state index in [4.69, 9.17) is 4.74 Å². The van der Waals surface area contributed by atoms with Gasteiger partial charge in [0.2, 0.25) is 5.91 Å². The summed E-state index contributed by atoms with van der Waals surface area (Å²) in [6.45, 7) is 4.18. The van der Waals surface area contributed by atoms with Crippen LogP contribution in [0.15, 0.2) is 120 Å². The summed E-state index contributed by atoms with van der Waals surface area (Å²) >= 11 is 2.74. The van der Waals surface area contributed by atoms with Gasteiger partial charge in [-0.3, -0.25) is 14.4 Å². The Kier molecular flexibility index (Phi) is 12.2. The fraction of sp³-hybridized carbons (Fsp3) is 0.190. The molecular formula is C42H38FN3O5S2. The highest BCUT2D eigenvalue weighted by molar-refractivity contribution is 8.00. The molecule has 53 heavy (non-hydrogen) atoms. The van der Waals surface area contributed by atoms with Crippen LogP contribution in [0.1, 0.15) is 67.8 Å². The Hall–Kier alpha value is -5.52. The summed E-state index contributed by atoms with van der Waals surface area (Å²) in [5.74, 6) is -1.77. The highest BCUT2D eigenvalue weighted by atomic mass is 32.2. The van der Waals surface area contributed by atoms with Gasteiger partial charge < -0.3 is 20.7 Å². The summed E-state index contributed by atoms with van der Waals surface area (Å²) < 4.78 is 19.0. The number of hydrogen-bond acceptors (Lipinski definition) is 7. The molecule has 1 aliphatic rings. The first-order valence-corrected chi connectivity index (χ1v) is 19.0. The summed E-state index contributed by atoms with van der Waals surface area (Å²) in [5, 5.41) is 8.40. The van der Waals surface area contributed by atoms with Crippen LogP contribution < -0.4 is 16.0 Å². The van der Waals surface area contributed by atoms with E-state index in [2.05, 4.69) is 22.9 Å². The number of esters is 1. The largest absolute Gasteiger partial charge is 0.462 e. The highest BCUT2D eigenvalue weighted by Gasteiger charge is 2.31. The quantitative estimate of drug-likeness (QED) is 0.0667. The second-order valence-corrected chi connectivity index (χ2v) is 14.9. The first-order valence-electron chi connectivity index (χ1n) is 17.3. The van der Waals surface area contributed by atoms with Crippen molar-refractivity contribution in [3.63, 3.8) is 0 Å². The number of fused-ring (bicyclic) bond motifs is 1. The monoisotopic (exact) mass is 747 g/mol. The first kappa shape index (κ1) is 37.2. The van der Waals surface area contributed by atoms with Crippen molar-refractivity contribution < 1.29 is 28.3 Å². The average molecular weight is 748 g/mol. The van der Waals surface area contributed by atoms with Gasteiger partial charge in [-0.05, 0) is 97.3 Å². The van der Waals surface area contributed by atoms with Crippen LogP contribution in [0, 0.1) is 11.7 Å². The molecule has 0 radical (unpaired) electrons. The maximum atomic E-state index is 14.2. The lowest BCUT2D eigenvalue weighted by atomic mass is 9.88. The third-order valence-corrected chi connectivity index (χ3v) is 11.0. The second kappa shape index (κ2) is 17.3. The molecule has 1 aromatic heterocycles. The lowest BCUT2D eigenvalue weighted by Crippen LogP contribution is -2.30. The molecule has 1 heterocycles. The van der Waals surface area contributed by atoms with Gasteiger partial charge in [-0.15, -0.1) is 23.1 Å². The molecule has 270 valence electrons. The lowest BCUT2D eigenvalue weighted by Gasteiger charge is -2.19. The van der Waals surface area contributed by atoms with Crippen molar-refractivity contribution in [2.75, 3.05) is 17.2 Å². The lowest BCUT2D eigenvalue weighted by molar-refractivity contribution is -0.116. The van der Waals surface area contributed by atoms with E-state index in [0.717, 1.165) is 35.3 Å². The Morgan fingerprint density at radius 1 is 0.925 bits per heavy atom. The van der Waals surface area contributed by atoms with Crippen molar-refractivity contribution in [3.05, 3.63) is 153 Å². The first-order chi connectivity index (χ1) is 25.7. The Morgan fingerprint density at radius 3 is 2.36 bits per heavy atom. The molecule has 5 aromatic rings. The van der Waals surface area contributed by atoms with Crippen molar-refractivity contribution in [1.29, 1.82) is 0 Å². The van der Waals surface area contributed by atoms with Crippen molar-refractivity contribution in [2.24, 2.45) is 5.92 Å². The third kappa shape index (κ3) is 9.48. The number of rotatable bonds is 12. The van der Waals surface area contributed by atoms with E-state index in [1.165, 1.54) is 53.4 Å². The number of ether oxygens (including phenoxy) is 1. The van der Waals surface area contributed by atoms with E-state index < -0.39 is 28.9 Å². The standard InChI is InChI=1S/C42H38FN3O5S2/c1-3-51-42(50)36-33-22-17-26(2)23-35(33)53-41(36)46-40(49)37(28-11-6-4-7-12-28)52-32-16-10-15-31(25-32)44-39(48)34(24-27-18-20-30(43)21-19-27)45-38(47)29-13-8-5-9-14-29/h4-16,18-21,24-26,37H,3,17,22-23H2,1-2H3,(H,44,48)(H,45,47)(H,46,49)/b34-24-. The van der Waals surface area contributed by atoms with Crippen LogP contribution in [-0.4, -0.2) is 30.3 Å². The van der Waals surface area contributed by atoms with Gasteiger partial charge in [0.15, 0.2) is 0 Å². The number of halogens is 1. The summed E-state index contributed by atoms with van der Waals surface area (Å²) in [5.41, 5.74) is 3.41. The van der Waals surface area contributed by atoms with Crippen LogP contribution in [0.3, 0.4) is 0 Å². The van der Waals surface area contributed by atoms with Gasteiger partial charge >= 0.3 is 5.97 Å². The Bertz CT molecular complexity index is 2140. The number of anilines is 2. The van der Waals surface area contributed by atoms with Gasteiger partial charge in [-0.2, -0.15) is 0 Å². The zero-order valence-electron chi connectivity index (χ0n) is 29.2. The predicted molar refractivity (Wildman–Crippen MR) is 208 cm³/mol. The fourth-order valence-electron chi connectivity index (χ4n) is 5.99. The average Bonchev–Trinajstić information content (AvgIpc) is 3.52. The molecule has 3 N–H and O–H groups in total. The zero-order chi connectivity index (χ0) is 37.3. The zero-order valence-corrected chi connectivity index (χ0v) is 30.8. The van der Waals surface area contributed by atoms with Gasteiger partial charge in [0.05, 0.1) is 12.2 Å². The molecule has 0 saturated heterocycles. The minimum Gasteiger partial charge on any atom is -0.462 e. The van der Waals surface area contributed by atoms with E-state index in [0.29, 0.717) is 38.2 Å². The van der Waals surface area contributed by atoms with E-state index in [-0.39, 0.29) is 18.2 Å². The third-order valence-electron chi connectivity index (χ3n) is 8.62. The minimum absolute atomic E-state index is 0.0458. The van der Waals surface area contributed by atoms with Gasteiger partial charge in [0.1, 0.15) is 21.8 Å². The molecule has 11 heteroatoms. The molecule has 3 amide bonds. The SMILES string of the molecule is CCOC(=O)c1c(NC(=O)C(Sc2cccc(NC(=O)/C(=C/c3ccc(F)cc3)NC(=O)c3ccccc3)c2)c2ccccc2)sc2c1CCC(C)C2. The van der Waals surface area contributed by atoms with Gasteiger partial charge in [0, 0.05) is 21.0 Å². The molecule has 6 rings (SSSR count). The van der Waals surface area contributed by atoms with E-state index in [9.17, 15) is 23.6 Å². The summed E-state index contributed by atoms with van der Waals surface area (Å²) in [7, 11) is 0. The van der Waals surface area contributed by atoms with Crippen LogP contribution in [-0.2, 0) is 27.2 Å². The molecule has 0 saturated carbocycles. The number of nitrogens with one attached hydrogen (secondary N) is 3. The number of thiophene rings is 1. The van der Waals surface area contributed by atoms with Gasteiger partial charge in [-0.1, -0.05) is 73.7 Å². The Labute approximate surface area is 315 Å². The molecule has 2 atom stereocenters. The molecule has 8 nitrogen and oxygen atoms in total. The van der Waals surface area contributed by atoms with Crippen LogP contribution in [0.25, 0.3) is 6.08 Å². The van der Waals surface area contributed by atoms with Crippen molar-refractivity contribution in [2.45, 2.75) is 43.3 Å². The molecular weight excluding hydrogens is 710 g/mol. The van der Waals surface area contributed by atoms with E-state index in [1.54, 1.807) is 55.5 Å². The smallest absolute Gasteiger partial charge is 0.341 e. The summed E-state index contributed by atoms with van der Waals surface area (Å²) in [6, 6.07) is 30.4. The number of hydrogen-bond donors (Lipinski definition) is 3. The molecule has 0 bridgehead atoms. The van der Waals surface area contributed by atoms with Gasteiger partial charge in [-0.25, -0.2) is 9.18 Å². The molecule has 0 spiro atoms. The topological polar surface area (TPSA) is 114 Å². The predicted octanol–water partition coefficient (Wildman–Crippen LogP) is 9.07. The fourth-order valence-corrected chi connectivity index (χ4v) is 8.47. The van der Waals surface area contributed by atoms with Crippen LogP contribution in [0.5, 0.6) is 0 Å². The second-order valence-electron chi connectivity index (χ2n) is 12.6. The molecule has 4 aromatic carbocycles. The normalized spacial score (nSPS) is 14.4. The Morgan fingerprint density at radius 2 is 1.64 bits per heavy atom. The maximum Gasteiger partial charge on any atom is 0.341 e. The van der Waals surface area contributed by atoms with Gasteiger partial charge in [0.25, 0.3) is 11.8 Å². The maximum absolute atomic E-state index is 14.2. The number of thioether (sulfide) groups is 1. The molecule has 1 aliphatic carbocycles. The molecule has 0 fully saturated rings. The van der Waals surface area contributed by atoms with Crippen LogP contribution >= 0.6 is 23.1 Å². The minimum atomic E-state index is -0.714. The summed E-state index contributed by atoms with van der Waals surface area (Å²) in [4.78, 5) is 55.9. The highest BCUT2D eigenvalue weighted by Crippen LogP contribution is 2.42. The number of carbonyl (C=O) groups excluding carboxylic acids is 4. The molecule has 2 unspecified atom stereocenters. The van der Waals surface area contributed by atoms with Crippen molar-refractivity contribution in [3.8, 4) is 0 Å². The molecule has 0 aliphatic heterocycles.